The van der Waals surface area contributed by atoms with E-state index in [2.05, 4.69) is 70.3 Å². The highest BCUT2D eigenvalue weighted by atomic mass is 19.1. The van der Waals surface area contributed by atoms with Gasteiger partial charge < -0.3 is 0 Å². The van der Waals surface area contributed by atoms with Gasteiger partial charge in [0.15, 0.2) is 5.79 Å². The van der Waals surface area contributed by atoms with Crippen molar-refractivity contribution in [2.75, 3.05) is 0 Å². The highest BCUT2D eigenvalue weighted by Crippen LogP contribution is 2.36. The van der Waals surface area contributed by atoms with Gasteiger partial charge in [-0.25, -0.2) is 4.39 Å². The van der Waals surface area contributed by atoms with Gasteiger partial charge in [-0.05, 0) is 75.8 Å². The second-order valence-electron chi connectivity index (χ2n) is 9.66. The molecule has 2 heteroatoms. The third kappa shape index (κ3) is 5.67. The number of rotatable bonds is 5. The lowest BCUT2D eigenvalue weighted by Gasteiger charge is -2.40. The van der Waals surface area contributed by atoms with E-state index in [-0.39, 0.29) is 11.0 Å². The molecule has 0 amide bonds. The molecule has 0 radical (unpaired) electrons. The largest absolute Gasteiger partial charge is 0.277 e. The number of alkyl halides is 1. The molecule has 1 nitrogen and oxygen atoms in total. The Morgan fingerprint density at radius 2 is 1.60 bits per heavy atom. The Labute approximate surface area is 154 Å². The van der Waals surface area contributed by atoms with E-state index < -0.39 is 5.79 Å². The van der Waals surface area contributed by atoms with Gasteiger partial charge in [0.1, 0.15) is 0 Å². The Morgan fingerprint density at radius 3 is 2.12 bits per heavy atom. The predicted molar refractivity (Wildman–Crippen MR) is 107 cm³/mol. The van der Waals surface area contributed by atoms with Crippen LogP contribution in [-0.2, 0) is 11.8 Å². The van der Waals surface area contributed by atoms with Gasteiger partial charge in [0.25, 0.3) is 0 Å². The first kappa shape index (κ1) is 20.2. The molecular weight excluding hydrogens is 309 g/mol. The van der Waals surface area contributed by atoms with E-state index in [0.29, 0.717) is 5.92 Å². The van der Waals surface area contributed by atoms with Crippen molar-refractivity contribution in [2.24, 2.45) is 5.92 Å². The topological polar surface area (TPSA) is 12.0 Å². The summed E-state index contributed by atoms with van der Waals surface area (Å²) in [7, 11) is 0. The monoisotopic (exact) mass is 345 g/mol. The standard InChI is InChI=1S/C23H36FN/c1-21(2,3)19-14-12-17(13-15-19)16-18-10-8-9-11-20(18)22(4,5)25-23(6,7)24/h11-15,18,25H,8-10,16H2,1-7H3/t18-/m0/s1. The van der Waals surface area contributed by atoms with Gasteiger partial charge in [0.2, 0.25) is 0 Å². The van der Waals surface area contributed by atoms with Crippen molar-refractivity contribution < 1.29 is 4.39 Å². The van der Waals surface area contributed by atoms with Gasteiger partial charge >= 0.3 is 0 Å². The molecule has 0 fully saturated rings. The fourth-order valence-electron chi connectivity index (χ4n) is 4.16. The van der Waals surface area contributed by atoms with Crippen LogP contribution in [0.2, 0.25) is 0 Å². The average molecular weight is 346 g/mol. The van der Waals surface area contributed by atoms with Crippen LogP contribution >= 0.6 is 0 Å². The van der Waals surface area contributed by atoms with Crippen molar-refractivity contribution in [3.8, 4) is 0 Å². The summed E-state index contributed by atoms with van der Waals surface area (Å²) < 4.78 is 14.2. The lowest BCUT2D eigenvalue weighted by Crippen LogP contribution is -2.52. The predicted octanol–water partition coefficient (Wildman–Crippen LogP) is 6.33. The van der Waals surface area contributed by atoms with Gasteiger partial charge in [-0.3, -0.25) is 5.32 Å². The van der Waals surface area contributed by atoms with E-state index in [1.165, 1.54) is 29.5 Å². The highest BCUT2D eigenvalue weighted by Gasteiger charge is 2.35. The van der Waals surface area contributed by atoms with Gasteiger partial charge in [0, 0.05) is 5.54 Å². The van der Waals surface area contributed by atoms with Crippen molar-refractivity contribution in [2.45, 2.75) is 90.9 Å². The summed E-state index contributed by atoms with van der Waals surface area (Å²) in [5.74, 6) is -0.889. The molecule has 0 bridgehead atoms. The van der Waals surface area contributed by atoms with E-state index in [1.54, 1.807) is 13.8 Å². The molecule has 1 aliphatic rings. The van der Waals surface area contributed by atoms with E-state index in [9.17, 15) is 4.39 Å². The maximum atomic E-state index is 14.2. The molecule has 1 aliphatic carbocycles. The van der Waals surface area contributed by atoms with Crippen molar-refractivity contribution in [1.82, 2.24) is 5.32 Å². The second kappa shape index (κ2) is 7.23. The summed E-state index contributed by atoms with van der Waals surface area (Å²) in [6, 6.07) is 9.06. The first-order valence-electron chi connectivity index (χ1n) is 9.67. The quantitative estimate of drug-likeness (QED) is 0.486. The Bertz CT molecular complexity index is 596. The number of halogens is 1. The van der Waals surface area contributed by atoms with Crippen LogP contribution < -0.4 is 5.32 Å². The Balaban J connectivity index is 2.17. The first-order chi connectivity index (χ1) is 11.4. The molecule has 25 heavy (non-hydrogen) atoms. The molecule has 2 rings (SSSR count). The molecule has 140 valence electrons. The van der Waals surface area contributed by atoms with Crippen LogP contribution in [0.15, 0.2) is 35.9 Å². The minimum atomic E-state index is -1.37. The molecule has 0 saturated heterocycles. The second-order valence-corrected chi connectivity index (χ2v) is 9.66. The number of hydrogen-bond donors (Lipinski definition) is 1. The smallest absolute Gasteiger partial charge is 0.156 e. The van der Waals surface area contributed by atoms with E-state index >= 15 is 0 Å². The summed E-state index contributed by atoms with van der Waals surface area (Å²) >= 11 is 0. The van der Waals surface area contributed by atoms with Crippen LogP contribution in [0.4, 0.5) is 4.39 Å². The zero-order valence-corrected chi connectivity index (χ0v) is 17.2. The molecule has 0 saturated carbocycles. The maximum Gasteiger partial charge on any atom is 0.156 e. The van der Waals surface area contributed by atoms with Crippen molar-refractivity contribution in [3.05, 3.63) is 47.0 Å². The average Bonchev–Trinajstić information content (AvgIpc) is 2.45. The Kier molecular flexibility index (Phi) is 5.83. The summed E-state index contributed by atoms with van der Waals surface area (Å²) in [5, 5.41) is 3.18. The summed E-state index contributed by atoms with van der Waals surface area (Å²) in [5.41, 5.74) is 3.98. The molecule has 0 spiro atoms. The number of benzene rings is 1. The molecule has 0 aliphatic heterocycles. The number of nitrogens with one attached hydrogen (secondary N) is 1. The molecule has 1 aromatic carbocycles. The molecule has 0 unspecified atom stereocenters. The summed E-state index contributed by atoms with van der Waals surface area (Å²) in [4.78, 5) is 0. The fraction of sp³-hybridized carbons (Fsp3) is 0.652. The third-order valence-corrected chi connectivity index (χ3v) is 5.19. The molecule has 1 atom stereocenters. The lowest BCUT2D eigenvalue weighted by molar-refractivity contribution is 0.121. The van der Waals surface area contributed by atoms with Crippen LogP contribution in [0.25, 0.3) is 0 Å². The minimum Gasteiger partial charge on any atom is -0.277 e. The fourth-order valence-corrected chi connectivity index (χ4v) is 4.16. The van der Waals surface area contributed by atoms with Crippen LogP contribution in [-0.4, -0.2) is 11.3 Å². The Morgan fingerprint density at radius 1 is 1.00 bits per heavy atom. The first-order valence-corrected chi connectivity index (χ1v) is 9.67. The maximum absolute atomic E-state index is 14.2. The van der Waals surface area contributed by atoms with Crippen LogP contribution in [0.5, 0.6) is 0 Å². The Hall–Kier alpha value is -1.15. The van der Waals surface area contributed by atoms with Crippen molar-refractivity contribution in [1.29, 1.82) is 0 Å². The zero-order valence-electron chi connectivity index (χ0n) is 17.2. The zero-order chi connectivity index (χ0) is 18.9. The molecule has 0 heterocycles. The normalized spacial score (nSPS) is 19.7. The molecule has 1 aromatic rings. The highest BCUT2D eigenvalue weighted by molar-refractivity contribution is 5.30. The van der Waals surface area contributed by atoms with E-state index in [0.717, 1.165) is 12.8 Å². The van der Waals surface area contributed by atoms with Gasteiger partial charge in [-0.15, -0.1) is 0 Å². The third-order valence-electron chi connectivity index (χ3n) is 5.19. The van der Waals surface area contributed by atoms with Crippen LogP contribution in [0.1, 0.15) is 78.9 Å². The van der Waals surface area contributed by atoms with E-state index in [1.807, 2.05) is 0 Å². The van der Waals surface area contributed by atoms with E-state index in [4.69, 9.17) is 0 Å². The summed E-state index contributed by atoms with van der Waals surface area (Å²) in [6.07, 6.45) is 6.89. The van der Waals surface area contributed by atoms with Crippen molar-refractivity contribution >= 4 is 0 Å². The van der Waals surface area contributed by atoms with Crippen LogP contribution in [0, 0.1) is 5.92 Å². The number of allylic oxidation sites excluding steroid dienone is 1. The van der Waals surface area contributed by atoms with Gasteiger partial charge in [-0.2, -0.15) is 0 Å². The van der Waals surface area contributed by atoms with Gasteiger partial charge in [0.05, 0.1) is 0 Å². The minimum absolute atomic E-state index is 0.188. The molecular formula is C23H36FN. The lowest BCUT2D eigenvalue weighted by atomic mass is 9.74. The van der Waals surface area contributed by atoms with Crippen molar-refractivity contribution in [3.63, 3.8) is 0 Å². The molecule has 1 N–H and O–H groups in total. The molecule has 0 aromatic heterocycles. The van der Waals surface area contributed by atoms with Gasteiger partial charge in [-0.1, -0.05) is 56.7 Å². The summed E-state index contributed by atoms with van der Waals surface area (Å²) in [6.45, 7) is 14.2. The van der Waals surface area contributed by atoms with Crippen LogP contribution in [0.3, 0.4) is 0 Å². The number of hydrogen-bond acceptors (Lipinski definition) is 1. The SMILES string of the molecule is CC(C)(F)NC(C)(C)C1=CCCC[C@H]1Cc1ccc(C(C)(C)C)cc1.